The number of nitrogens with zero attached hydrogens (tertiary/aromatic N) is 1. The van der Waals surface area contributed by atoms with E-state index in [-0.39, 0.29) is 12.4 Å². The number of aromatic nitrogens is 1. The second-order valence-electron chi connectivity index (χ2n) is 3.96. The Bertz CT molecular complexity index is 366. The number of piperidine rings is 1. The van der Waals surface area contributed by atoms with E-state index in [9.17, 15) is 4.21 Å². The molecule has 1 atom stereocenters. The molecule has 2 heterocycles. The molecule has 0 amide bonds. The Labute approximate surface area is 115 Å². The summed E-state index contributed by atoms with van der Waals surface area (Å²) in [5.74, 6) is 0.592. The third-order valence-corrected chi connectivity index (χ3v) is 4.81. The van der Waals surface area contributed by atoms with Gasteiger partial charge in [-0.3, -0.25) is 4.21 Å². The molecule has 0 saturated carbocycles. The van der Waals surface area contributed by atoms with Crippen LogP contribution in [0.1, 0.15) is 18.4 Å². The molecule has 0 spiro atoms. The Morgan fingerprint density at radius 2 is 2.12 bits per heavy atom. The highest BCUT2D eigenvalue weighted by atomic mass is 35.5. The van der Waals surface area contributed by atoms with Crippen LogP contribution in [0.15, 0.2) is 18.3 Å². The lowest BCUT2D eigenvalue weighted by molar-refractivity contribution is 0.519. The lowest BCUT2D eigenvalue weighted by Gasteiger charge is -2.21. The molecular formula is C11H16Cl2N2OS. The maximum absolute atomic E-state index is 12.1. The van der Waals surface area contributed by atoms with Crippen molar-refractivity contribution in [3.63, 3.8) is 0 Å². The van der Waals surface area contributed by atoms with Crippen molar-refractivity contribution in [2.24, 2.45) is 0 Å². The van der Waals surface area contributed by atoms with E-state index in [1.54, 1.807) is 12.3 Å². The molecular weight excluding hydrogens is 279 g/mol. The van der Waals surface area contributed by atoms with Crippen LogP contribution >= 0.6 is 24.0 Å². The number of nitrogens with one attached hydrogen (secondary N) is 1. The van der Waals surface area contributed by atoms with Gasteiger partial charge in [0, 0.05) is 22.2 Å². The first-order valence-electron chi connectivity index (χ1n) is 5.44. The molecule has 3 nitrogen and oxygen atoms in total. The average Bonchev–Trinajstić information content (AvgIpc) is 2.33. The summed E-state index contributed by atoms with van der Waals surface area (Å²) in [5.41, 5.74) is 1.00. The van der Waals surface area contributed by atoms with Crippen LogP contribution in [0.3, 0.4) is 0 Å². The van der Waals surface area contributed by atoms with Crippen molar-refractivity contribution in [3.8, 4) is 0 Å². The molecule has 17 heavy (non-hydrogen) atoms. The first-order chi connectivity index (χ1) is 7.75. The van der Waals surface area contributed by atoms with E-state index >= 15 is 0 Å². The fourth-order valence-electron chi connectivity index (χ4n) is 1.83. The second-order valence-corrected chi connectivity index (χ2v) is 6.07. The molecule has 0 radical (unpaired) electrons. The lowest BCUT2D eigenvalue weighted by atomic mass is 10.2. The highest BCUT2D eigenvalue weighted by Crippen LogP contribution is 2.15. The van der Waals surface area contributed by atoms with Gasteiger partial charge in [0.25, 0.3) is 0 Å². The summed E-state index contributed by atoms with van der Waals surface area (Å²) in [4.78, 5) is 4.00. The Kier molecular flexibility index (Phi) is 6.41. The first-order valence-corrected chi connectivity index (χ1v) is 7.20. The van der Waals surface area contributed by atoms with Crippen molar-refractivity contribution in [1.29, 1.82) is 0 Å². The zero-order valence-corrected chi connectivity index (χ0v) is 11.8. The van der Waals surface area contributed by atoms with Gasteiger partial charge in [0.05, 0.1) is 5.75 Å². The molecule has 0 aromatic carbocycles. The fourth-order valence-corrected chi connectivity index (χ4v) is 3.44. The van der Waals surface area contributed by atoms with Crippen molar-refractivity contribution in [2.45, 2.75) is 23.8 Å². The van der Waals surface area contributed by atoms with E-state index in [4.69, 9.17) is 11.6 Å². The van der Waals surface area contributed by atoms with Crippen molar-refractivity contribution < 1.29 is 4.21 Å². The van der Waals surface area contributed by atoms with Gasteiger partial charge in [-0.25, -0.2) is 4.98 Å². The van der Waals surface area contributed by atoms with Crippen LogP contribution in [-0.4, -0.2) is 27.5 Å². The molecule has 6 heteroatoms. The summed E-state index contributed by atoms with van der Waals surface area (Å²) < 4.78 is 12.1. The maximum atomic E-state index is 12.1. The standard InChI is InChI=1S/C11H15ClN2OS.ClH/c12-11-2-1-9(7-14-11)8-16(15)10-3-5-13-6-4-10;/h1-2,7,10,13H,3-6,8H2;1H. The minimum absolute atomic E-state index is 0. The van der Waals surface area contributed by atoms with Gasteiger partial charge in [0.1, 0.15) is 5.15 Å². The molecule has 1 aromatic rings. The molecule has 1 aliphatic heterocycles. The highest BCUT2D eigenvalue weighted by Gasteiger charge is 2.19. The normalized spacial score (nSPS) is 18.4. The van der Waals surface area contributed by atoms with Gasteiger partial charge >= 0.3 is 0 Å². The van der Waals surface area contributed by atoms with E-state index in [0.29, 0.717) is 16.2 Å². The quantitative estimate of drug-likeness (QED) is 0.869. The molecule has 2 rings (SSSR count). The Morgan fingerprint density at radius 3 is 2.71 bits per heavy atom. The molecule has 0 bridgehead atoms. The maximum Gasteiger partial charge on any atom is 0.129 e. The molecule has 0 aliphatic carbocycles. The van der Waals surface area contributed by atoms with Crippen LogP contribution in [-0.2, 0) is 16.6 Å². The summed E-state index contributed by atoms with van der Waals surface area (Å²) in [6.07, 6.45) is 3.72. The van der Waals surface area contributed by atoms with Crippen molar-refractivity contribution in [1.82, 2.24) is 10.3 Å². The zero-order valence-electron chi connectivity index (χ0n) is 9.39. The largest absolute Gasteiger partial charge is 0.317 e. The van der Waals surface area contributed by atoms with Crippen LogP contribution in [0.5, 0.6) is 0 Å². The van der Waals surface area contributed by atoms with Crippen LogP contribution in [0.25, 0.3) is 0 Å². The molecule has 1 saturated heterocycles. The molecule has 1 aromatic heterocycles. The molecule has 1 aliphatic rings. The number of hydrogen-bond acceptors (Lipinski definition) is 3. The van der Waals surface area contributed by atoms with Gasteiger partial charge in [0.2, 0.25) is 0 Å². The minimum Gasteiger partial charge on any atom is -0.317 e. The summed E-state index contributed by atoms with van der Waals surface area (Å²) in [6.45, 7) is 1.96. The Morgan fingerprint density at radius 1 is 1.41 bits per heavy atom. The van der Waals surface area contributed by atoms with E-state index < -0.39 is 10.8 Å². The molecule has 1 N–H and O–H groups in total. The SMILES string of the molecule is Cl.O=S(Cc1ccc(Cl)nc1)C1CCNCC1. The van der Waals surface area contributed by atoms with Crippen LogP contribution < -0.4 is 5.32 Å². The molecule has 96 valence electrons. The average molecular weight is 295 g/mol. The number of pyridine rings is 1. The van der Waals surface area contributed by atoms with Gasteiger partial charge < -0.3 is 5.32 Å². The monoisotopic (exact) mass is 294 g/mol. The third-order valence-electron chi connectivity index (χ3n) is 2.76. The Hall–Kier alpha value is -0.160. The van der Waals surface area contributed by atoms with Gasteiger partial charge in [-0.1, -0.05) is 17.7 Å². The zero-order chi connectivity index (χ0) is 11.4. The molecule has 1 unspecified atom stereocenters. The number of hydrogen-bond donors (Lipinski definition) is 1. The third kappa shape index (κ3) is 4.54. The fraction of sp³-hybridized carbons (Fsp3) is 0.545. The van der Waals surface area contributed by atoms with Crippen molar-refractivity contribution in [3.05, 3.63) is 29.0 Å². The van der Waals surface area contributed by atoms with Gasteiger partial charge in [0.15, 0.2) is 0 Å². The van der Waals surface area contributed by atoms with Crippen LogP contribution in [0.2, 0.25) is 5.15 Å². The smallest absolute Gasteiger partial charge is 0.129 e. The topological polar surface area (TPSA) is 42.0 Å². The van der Waals surface area contributed by atoms with Gasteiger partial charge in [-0.05, 0) is 37.6 Å². The van der Waals surface area contributed by atoms with E-state index in [1.807, 2.05) is 6.07 Å². The van der Waals surface area contributed by atoms with E-state index in [0.717, 1.165) is 31.5 Å². The van der Waals surface area contributed by atoms with Gasteiger partial charge in [-0.15, -0.1) is 12.4 Å². The summed E-state index contributed by atoms with van der Waals surface area (Å²) in [7, 11) is -0.787. The van der Waals surface area contributed by atoms with Crippen molar-refractivity contribution >= 4 is 34.8 Å². The Balaban J connectivity index is 0.00000144. The number of rotatable bonds is 3. The predicted octanol–water partition coefficient (Wildman–Crippen LogP) is 2.16. The summed E-state index contributed by atoms with van der Waals surface area (Å²) in [6, 6.07) is 3.64. The second kappa shape index (κ2) is 7.31. The summed E-state index contributed by atoms with van der Waals surface area (Å²) >= 11 is 5.70. The summed E-state index contributed by atoms with van der Waals surface area (Å²) in [5, 5.41) is 4.09. The van der Waals surface area contributed by atoms with Crippen LogP contribution in [0.4, 0.5) is 0 Å². The van der Waals surface area contributed by atoms with Gasteiger partial charge in [-0.2, -0.15) is 0 Å². The minimum atomic E-state index is -0.787. The van der Waals surface area contributed by atoms with Crippen LogP contribution in [0, 0.1) is 0 Å². The highest BCUT2D eigenvalue weighted by molar-refractivity contribution is 7.84. The molecule has 1 fully saturated rings. The predicted molar refractivity (Wildman–Crippen MR) is 74.2 cm³/mol. The van der Waals surface area contributed by atoms with E-state index in [1.165, 1.54) is 0 Å². The lowest BCUT2D eigenvalue weighted by Crippen LogP contribution is -2.33. The van der Waals surface area contributed by atoms with E-state index in [2.05, 4.69) is 10.3 Å². The van der Waals surface area contributed by atoms with Crippen molar-refractivity contribution in [2.75, 3.05) is 13.1 Å². The number of halogens is 2. The first kappa shape index (κ1) is 14.9.